The second-order valence-electron chi connectivity index (χ2n) is 5.17. The summed E-state index contributed by atoms with van der Waals surface area (Å²) in [6, 6.07) is 2.63. The molecule has 1 aromatic carbocycles. The van der Waals surface area contributed by atoms with Gasteiger partial charge in [-0.1, -0.05) is 0 Å². The molecule has 1 N–H and O–H groups in total. The zero-order valence-electron chi connectivity index (χ0n) is 11.9. The third-order valence-electron chi connectivity index (χ3n) is 3.50. The van der Waals surface area contributed by atoms with Gasteiger partial charge in [-0.3, -0.25) is 0 Å². The molecule has 0 aromatic heterocycles. The number of rotatable bonds is 7. The van der Waals surface area contributed by atoms with Crippen LogP contribution in [0.25, 0.3) is 0 Å². The van der Waals surface area contributed by atoms with Crippen LogP contribution in [0.4, 0.5) is 8.78 Å². The highest BCUT2D eigenvalue weighted by Crippen LogP contribution is 2.23. The second-order valence-corrected chi connectivity index (χ2v) is 5.17. The summed E-state index contributed by atoms with van der Waals surface area (Å²) in [5.41, 5.74) is 0.576. The van der Waals surface area contributed by atoms with E-state index in [1.54, 1.807) is 7.05 Å². The number of likely N-dealkylation sites (tertiary alicyclic amines) is 1. The van der Waals surface area contributed by atoms with Crippen LogP contribution >= 0.6 is 0 Å². The molecule has 5 heteroatoms. The molecular formula is C15H22F2N2O. The van der Waals surface area contributed by atoms with Crippen molar-refractivity contribution in [2.24, 2.45) is 0 Å². The van der Waals surface area contributed by atoms with Gasteiger partial charge in [-0.05, 0) is 57.1 Å². The standard InChI is InChI=1S/C15H22F2N2O/c1-18-11-12-9-13(16)15(14(17)10-12)20-8-4-7-19-5-2-3-6-19/h9-10,18H,2-8,11H2,1H3. The largest absolute Gasteiger partial charge is 0.488 e. The molecule has 2 rings (SSSR count). The Morgan fingerprint density at radius 1 is 1.20 bits per heavy atom. The molecule has 112 valence electrons. The Morgan fingerprint density at radius 2 is 1.85 bits per heavy atom. The van der Waals surface area contributed by atoms with Crippen molar-refractivity contribution in [1.29, 1.82) is 0 Å². The molecule has 1 aromatic rings. The second kappa shape index (κ2) is 7.55. The summed E-state index contributed by atoms with van der Waals surface area (Å²) in [4.78, 5) is 2.35. The molecule has 20 heavy (non-hydrogen) atoms. The number of halogens is 2. The molecule has 3 nitrogen and oxygen atoms in total. The van der Waals surface area contributed by atoms with Gasteiger partial charge in [0.2, 0.25) is 0 Å². The van der Waals surface area contributed by atoms with Crippen molar-refractivity contribution >= 4 is 0 Å². The van der Waals surface area contributed by atoms with Gasteiger partial charge in [0, 0.05) is 13.1 Å². The summed E-state index contributed by atoms with van der Waals surface area (Å²) in [6.45, 7) is 3.96. The van der Waals surface area contributed by atoms with Crippen LogP contribution in [0.5, 0.6) is 5.75 Å². The number of hydrogen-bond acceptors (Lipinski definition) is 3. The van der Waals surface area contributed by atoms with E-state index in [-0.39, 0.29) is 5.75 Å². The van der Waals surface area contributed by atoms with E-state index in [4.69, 9.17) is 4.74 Å². The fourth-order valence-corrected chi connectivity index (χ4v) is 2.53. The lowest BCUT2D eigenvalue weighted by atomic mass is 10.2. The van der Waals surface area contributed by atoms with Crippen molar-refractivity contribution in [2.75, 3.05) is 33.3 Å². The van der Waals surface area contributed by atoms with Crippen molar-refractivity contribution in [2.45, 2.75) is 25.8 Å². The Balaban J connectivity index is 1.82. The normalized spacial score (nSPS) is 15.8. The van der Waals surface area contributed by atoms with Gasteiger partial charge in [0.1, 0.15) is 0 Å². The summed E-state index contributed by atoms with van der Waals surface area (Å²) in [7, 11) is 1.73. The van der Waals surface area contributed by atoms with Crippen molar-refractivity contribution in [1.82, 2.24) is 10.2 Å². The van der Waals surface area contributed by atoms with Gasteiger partial charge in [0.05, 0.1) is 6.61 Å². The first-order chi connectivity index (χ1) is 9.70. The van der Waals surface area contributed by atoms with E-state index in [0.717, 1.165) is 26.1 Å². The molecule has 0 spiro atoms. The zero-order chi connectivity index (χ0) is 14.4. The van der Waals surface area contributed by atoms with E-state index < -0.39 is 11.6 Å². The Kier molecular flexibility index (Phi) is 5.73. The smallest absolute Gasteiger partial charge is 0.190 e. The van der Waals surface area contributed by atoms with E-state index >= 15 is 0 Å². The number of benzene rings is 1. The monoisotopic (exact) mass is 284 g/mol. The number of ether oxygens (including phenoxy) is 1. The molecule has 1 heterocycles. The number of nitrogens with one attached hydrogen (secondary N) is 1. The number of nitrogens with zero attached hydrogens (tertiary/aromatic N) is 1. The number of hydrogen-bond donors (Lipinski definition) is 1. The molecule has 1 fully saturated rings. The fraction of sp³-hybridized carbons (Fsp3) is 0.600. The molecule has 0 aliphatic carbocycles. The molecule has 1 aliphatic heterocycles. The van der Waals surface area contributed by atoms with E-state index in [0.29, 0.717) is 18.7 Å². The Hall–Kier alpha value is -1.20. The maximum Gasteiger partial charge on any atom is 0.190 e. The van der Waals surface area contributed by atoms with Crippen LogP contribution in [0.3, 0.4) is 0 Å². The highest BCUT2D eigenvalue weighted by molar-refractivity contribution is 5.31. The Morgan fingerprint density at radius 3 is 2.45 bits per heavy atom. The van der Waals surface area contributed by atoms with Crippen LogP contribution < -0.4 is 10.1 Å². The summed E-state index contributed by atoms with van der Waals surface area (Å²) in [6.07, 6.45) is 3.28. The van der Waals surface area contributed by atoms with Gasteiger partial charge < -0.3 is 15.0 Å². The van der Waals surface area contributed by atoms with Crippen LogP contribution in [0.2, 0.25) is 0 Å². The van der Waals surface area contributed by atoms with Crippen LogP contribution in [0.15, 0.2) is 12.1 Å². The average Bonchev–Trinajstić information content (AvgIpc) is 2.90. The van der Waals surface area contributed by atoms with Gasteiger partial charge in [-0.2, -0.15) is 0 Å². The summed E-state index contributed by atoms with van der Waals surface area (Å²) in [5.74, 6) is -1.51. The van der Waals surface area contributed by atoms with E-state index in [1.807, 2.05) is 0 Å². The van der Waals surface area contributed by atoms with Crippen molar-refractivity contribution in [3.8, 4) is 5.75 Å². The van der Waals surface area contributed by atoms with Crippen molar-refractivity contribution in [3.05, 3.63) is 29.3 Å². The van der Waals surface area contributed by atoms with Crippen LogP contribution in [-0.4, -0.2) is 38.2 Å². The SMILES string of the molecule is CNCc1cc(F)c(OCCCN2CCCC2)c(F)c1. The highest BCUT2D eigenvalue weighted by atomic mass is 19.1. The van der Waals surface area contributed by atoms with Crippen molar-refractivity contribution < 1.29 is 13.5 Å². The first kappa shape index (κ1) is 15.2. The Labute approximate surface area is 118 Å². The van der Waals surface area contributed by atoms with E-state index in [9.17, 15) is 8.78 Å². The van der Waals surface area contributed by atoms with Gasteiger partial charge in [0.15, 0.2) is 17.4 Å². The maximum absolute atomic E-state index is 13.8. The molecule has 1 saturated heterocycles. The minimum atomic E-state index is -0.628. The maximum atomic E-state index is 13.8. The van der Waals surface area contributed by atoms with Gasteiger partial charge in [0.25, 0.3) is 0 Å². The summed E-state index contributed by atoms with van der Waals surface area (Å²) >= 11 is 0. The first-order valence-corrected chi connectivity index (χ1v) is 7.18. The molecule has 0 radical (unpaired) electrons. The highest BCUT2D eigenvalue weighted by Gasteiger charge is 2.14. The zero-order valence-corrected chi connectivity index (χ0v) is 11.9. The van der Waals surface area contributed by atoms with Crippen LogP contribution in [0.1, 0.15) is 24.8 Å². The lowest BCUT2D eigenvalue weighted by molar-refractivity contribution is 0.247. The minimum Gasteiger partial charge on any atom is -0.488 e. The van der Waals surface area contributed by atoms with Gasteiger partial charge in [-0.15, -0.1) is 0 Å². The summed E-state index contributed by atoms with van der Waals surface area (Å²) in [5, 5.41) is 2.86. The van der Waals surface area contributed by atoms with E-state index in [2.05, 4.69) is 10.2 Å². The molecule has 0 atom stereocenters. The average molecular weight is 284 g/mol. The molecule has 0 amide bonds. The minimum absolute atomic E-state index is 0.258. The molecule has 0 saturated carbocycles. The lowest BCUT2D eigenvalue weighted by Gasteiger charge is -2.15. The third kappa shape index (κ3) is 4.15. The third-order valence-corrected chi connectivity index (χ3v) is 3.50. The van der Waals surface area contributed by atoms with Crippen molar-refractivity contribution in [3.63, 3.8) is 0 Å². The van der Waals surface area contributed by atoms with E-state index in [1.165, 1.54) is 25.0 Å². The molecule has 0 bridgehead atoms. The quantitative estimate of drug-likeness (QED) is 0.779. The Bertz CT molecular complexity index is 411. The van der Waals surface area contributed by atoms with Gasteiger partial charge >= 0.3 is 0 Å². The predicted molar refractivity (Wildman–Crippen MR) is 74.9 cm³/mol. The first-order valence-electron chi connectivity index (χ1n) is 7.18. The molecule has 1 aliphatic rings. The topological polar surface area (TPSA) is 24.5 Å². The lowest BCUT2D eigenvalue weighted by Crippen LogP contribution is -2.22. The van der Waals surface area contributed by atoms with Crippen LogP contribution in [0, 0.1) is 11.6 Å². The molecule has 0 unspecified atom stereocenters. The summed E-state index contributed by atoms with van der Waals surface area (Å²) < 4.78 is 32.8. The fourth-order valence-electron chi connectivity index (χ4n) is 2.53. The van der Waals surface area contributed by atoms with Gasteiger partial charge in [-0.25, -0.2) is 8.78 Å². The predicted octanol–water partition coefficient (Wildman–Crippen LogP) is 2.55. The molecular weight excluding hydrogens is 262 g/mol. The van der Waals surface area contributed by atoms with Crippen LogP contribution in [-0.2, 0) is 6.54 Å².